The van der Waals surface area contributed by atoms with E-state index in [-0.39, 0.29) is 12.3 Å². The van der Waals surface area contributed by atoms with Gasteiger partial charge in [-0.1, -0.05) is 0 Å². The molecule has 4 aromatic rings. The first-order chi connectivity index (χ1) is 14.0. The summed E-state index contributed by atoms with van der Waals surface area (Å²) in [5.41, 5.74) is 4.01. The molecule has 2 aromatic heterocycles. The molecule has 6 heteroatoms. The molecule has 0 saturated heterocycles. The van der Waals surface area contributed by atoms with Gasteiger partial charge in [-0.25, -0.2) is 4.79 Å². The molecule has 0 aliphatic carbocycles. The highest BCUT2D eigenvalue weighted by Gasteiger charge is 2.16. The van der Waals surface area contributed by atoms with Crippen molar-refractivity contribution in [2.75, 3.05) is 12.4 Å². The molecule has 0 spiro atoms. The van der Waals surface area contributed by atoms with Crippen molar-refractivity contribution in [3.63, 3.8) is 0 Å². The first-order valence-corrected chi connectivity index (χ1v) is 9.45. The number of aryl methyl sites for hydroxylation is 2. The molecule has 0 unspecified atom stereocenters. The van der Waals surface area contributed by atoms with Gasteiger partial charge in [-0.15, -0.1) is 0 Å². The van der Waals surface area contributed by atoms with E-state index in [1.54, 1.807) is 7.11 Å². The van der Waals surface area contributed by atoms with E-state index in [0.29, 0.717) is 23.3 Å². The summed E-state index contributed by atoms with van der Waals surface area (Å²) >= 11 is 0. The number of aromatic amines is 1. The van der Waals surface area contributed by atoms with E-state index in [0.717, 1.165) is 33.1 Å². The van der Waals surface area contributed by atoms with Crippen molar-refractivity contribution in [3.05, 3.63) is 69.7 Å². The summed E-state index contributed by atoms with van der Waals surface area (Å²) < 4.78 is 10.9. The van der Waals surface area contributed by atoms with Crippen LogP contribution < -0.4 is 15.7 Å². The maximum absolute atomic E-state index is 12.6. The van der Waals surface area contributed by atoms with Crippen LogP contribution in [0.3, 0.4) is 0 Å². The Labute approximate surface area is 167 Å². The average molecular weight is 390 g/mol. The summed E-state index contributed by atoms with van der Waals surface area (Å²) in [7, 11) is 1.58. The predicted molar refractivity (Wildman–Crippen MR) is 114 cm³/mol. The smallest absolute Gasteiger partial charge is 0.339 e. The average Bonchev–Trinajstić information content (AvgIpc) is 3.16. The van der Waals surface area contributed by atoms with Crippen LogP contribution in [0.5, 0.6) is 5.75 Å². The van der Waals surface area contributed by atoms with E-state index in [4.69, 9.17) is 9.15 Å². The maximum Gasteiger partial charge on any atom is 0.339 e. The van der Waals surface area contributed by atoms with Crippen LogP contribution in [-0.2, 0) is 11.2 Å². The normalized spacial score (nSPS) is 11.1. The molecule has 2 N–H and O–H groups in total. The molecule has 0 aliphatic rings. The highest BCUT2D eigenvalue weighted by molar-refractivity contribution is 5.94. The number of nitrogens with one attached hydrogen (secondary N) is 2. The molecule has 0 aliphatic heterocycles. The molecular weight excluding hydrogens is 368 g/mol. The van der Waals surface area contributed by atoms with Crippen LogP contribution in [0.2, 0.25) is 0 Å². The van der Waals surface area contributed by atoms with E-state index < -0.39 is 5.63 Å². The molecule has 0 fully saturated rings. The summed E-state index contributed by atoms with van der Waals surface area (Å²) in [5, 5.41) is 4.78. The fraction of sp³-hybridized carbons (Fsp3) is 0.217. The molecule has 4 rings (SSSR count). The minimum absolute atomic E-state index is 0.148. The second kappa shape index (κ2) is 7.47. The summed E-state index contributed by atoms with van der Waals surface area (Å²) in [6.07, 6.45) is 2.36. The Morgan fingerprint density at radius 1 is 1.14 bits per heavy atom. The molecule has 0 atom stereocenters. The van der Waals surface area contributed by atoms with Gasteiger partial charge < -0.3 is 19.5 Å². The zero-order valence-electron chi connectivity index (χ0n) is 16.6. The van der Waals surface area contributed by atoms with E-state index in [1.165, 1.54) is 0 Å². The maximum atomic E-state index is 12.6. The van der Waals surface area contributed by atoms with Crippen LogP contribution >= 0.6 is 0 Å². The number of carbonyl (C=O) groups is 1. The van der Waals surface area contributed by atoms with Gasteiger partial charge in [-0.2, -0.15) is 0 Å². The second-order valence-corrected chi connectivity index (χ2v) is 7.09. The Morgan fingerprint density at radius 2 is 1.97 bits per heavy atom. The van der Waals surface area contributed by atoms with Gasteiger partial charge in [-0.05, 0) is 62.2 Å². The fourth-order valence-electron chi connectivity index (χ4n) is 3.67. The Balaban J connectivity index is 1.54. The number of amides is 1. The van der Waals surface area contributed by atoms with Gasteiger partial charge in [0.15, 0.2) is 0 Å². The van der Waals surface area contributed by atoms with Crippen LogP contribution in [0.4, 0.5) is 5.69 Å². The van der Waals surface area contributed by atoms with Crippen LogP contribution in [0.25, 0.3) is 21.9 Å². The predicted octanol–water partition coefficient (Wildman–Crippen LogP) is 4.47. The van der Waals surface area contributed by atoms with Crippen LogP contribution in [0.15, 0.2) is 51.8 Å². The number of methoxy groups -OCH3 is 1. The van der Waals surface area contributed by atoms with Crippen molar-refractivity contribution < 1.29 is 13.9 Å². The minimum atomic E-state index is -0.409. The Bertz CT molecular complexity index is 1280. The molecule has 2 aromatic carbocycles. The Kier molecular flexibility index (Phi) is 4.84. The van der Waals surface area contributed by atoms with Gasteiger partial charge in [0, 0.05) is 45.7 Å². The lowest BCUT2D eigenvalue weighted by atomic mass is 10.00. The molecule has 0 bridgehead atoms. The molecule has 6 nitrogen and oxygen atoms in total. The number of anilines is 1. The quantitative estimate of drug-likeness (QED) is 0.493. The zero-order chi connectivity index (χ0) is 20.5. The fourth-order valence-corrected chi connectivity index (χ4v) is 3.67. The van der Waals surface area contributed by atoms with E-state index in [2.05, 4.69) is 10.3 Å². The van der Waals surface area contributed by atoms with Gasteiger partial charge in [-0.3, -0.25) is 4.79 Å². The standard InChI is InChI=1S/C23H22N2O4/c1-13-17-5-8-20(28-3)14(2)22(17)29-23(27)18(13)6-9-21(26)25-16-4-7-19-15(12-16)10-11-24-19/h4-5,7-8,10-12,24H,6,9H2,1-3H3,(H,25,26). The lowest BCUT2D eigenvalue weighted by Gasteiger charge is -2.11. The van der Waals surface area contributed by atoms with E-state index in [1.807, 2.05) is 56.4 Å². The number of fused-ring (bicyclic) bond motifs is 2. The highest BCUT2D eigenvalue weighted by Crippen LogP contribution is 2.29. The lowest BCUT2D eigenvalue weighted by molar-refractivity contribution is -0.116. The monoisotopic (exact) mass is 390 g/mol. The number of rotatable bonds is 5. The third kappa shape index (κ3) is 3.49. The van der Waals surface area contributed by atoms with Crippen molar-refractivity contribution in [2.24, 2.45) is 0 Å². The number of aromatic nitrogens is 1. The van der Waals surface area contributed by atoms with Gasteiger partial charge in [0.05, 0.1) is 7.11 Å². The summed E-state index contributed by atoms with van der Waals surface area (Å²) in [6, 6.07) is 11.4. The van der Waals surface area contributed by atoms with Crippen molar-refractivity contribution in [1.82, 2.24) is 4.98 Å². The highest BCUT2D eigenvalue weighted by atomic mass is 16.5. The van der Waals surface area contributed by atoms with Crippen LogP contribution in [0, 0.1) is 13.8 Å². The van der Waals surface area contributed by atoms with Gasteiger partial charge in [0.1, 0.15) is 11.3 Å². The number of carbonyl (C=O) groups excluding carboxylic acids is 1. The summed E-state index contributed by atoms with van der Waals surface area (Å²) in [4.78, 5) is 28.1. The molecule has 29 heavy (non-hydrogen) atoms. The Morgan fingerprint density at radius 3 is 2.76 bits per heavy atom. The van der Waals surface area contributed by atoms with E-state index in [9.17, 15) is 9.59 Å². The first-order valence-electron chi connectivity index (χ1n) is 9.45. The minimum Gasteiger partial charge on any atom is -0.496 e. The van der Waals surface area contributed by atoms with Crippen LogP contribution in [0.1, 0.15) is 23.1 Å². The molecule has 148 valence electrons. The molecule has 2 heterocycles. The first kappa shape index (κ1) is 18.8. The number of hydrogen-bond acceptors (Lipinski definition) is 4. The largest absolute Gasteiger partial charge is 0.496 e. The summed E-state index contributed by atoms with van der Waals surface area (Å²) in [5.74, 6) is 0.524. The molecule has 0 saturated carbocycles. The number of ether oxygens (including phenoxy) is 1. The second-order valence-electron chi connectivity index (χ2n) is 7.09. The SMILES string of the molecule is COc1ccc2c(C)c(CCC(=O)Nc3ccc4[nH]ccc4c3)c(=O)oc2c1C. The van der Waals surface area contributed by atoms with Crippen molar-refractivity contribution >= 4 is 33.5 Å². The molecule has 0 radical (unpaired) electrons. The molecule has 1 amide bonds. The van der Waals surface area contributed by atoms with Gasteiger partial charge >= 0.3 is 5.63 Å². The van der Waals surface area contributed by atoms with Crippen LogP contribution in [-0.4, -0.2) is 18.0 Å². The topological polar surface area (TPSA) is 84.3 Å². The van der Waals surface area contributed by atoms with Crippen molar-refractivity contribution in [2.45, 2.75) is 26.7 Å². The number of H-pyrrole nitrogens is 1. The third-order valence-corrected chi connectivity index (χ3v) is 5.31. The van der Waals surface area contributed by atoms with Gasteiger partial charge in [0.25, 0.3) is 0 Å². The summed E-state index contributed by atoms with van der Waals surface area (Å²) in [6.45, 7) is 3.75. The van der Waals surface area contributed by atoms with E-state index >= 15 is 0 Å². The third-order valence-electron chi connectivity index (χ3n) is 5.31. The molecular formula is C23H22N2O4. The Hall–Kier alpha value is -3.54. The lowest BCUT2D eigenvalue weighted by Crippen LogP contribution is -2.16. The number of hydrogen-bond donors (Lipinski definition) is 2. The number of benzene rings is 2. The van der Waals surface area contributed by atoms with Gasteiger partial charge in [0.2, 0.25) is 5.91 Å². The van der Waals surface area contributed by atoms with Crippen molar-refractivity contribution in [1.29, 1.82) is 0 Å². The van der Waals surface area contributed by atoms with Crippen molar-refractivity contribution in [3.8, 4) is 5.75 Å². The zero-order valence-corrected chi connectivity index (χ0v) is 16.6.